The van der Waals surface area contributed by atoms with Gasteiger partial charge in [-0.3, -0.25) is 4.90 Å². The molecule has 28 heavy (non-hydrogen) atoms. The molecule has 1 aliphatic carbocycles. The Hall–Kier alpha value is -2.65. The minimum Gasteiger partial charge on any atom is -0.481 e. The molecule has 1 aliphatic heterocycles. The number of rotatable bonds is 3. The predicted molar refractivity (Wildman–Crippen MR) is 112 cm³/mol. The Labute approximate surface area is 167 Å². The zero-order valence-electron chi connectivity index (χ0n) is 16.6. The first kappa shape index (κ1) is 17.4. The zero-order valence-corrected chi connectivity index (χ0v) is 16.6. The number of aromatic nitrogens is 1. The number of ether oxygens (including phenoxy) is 1. The number of methoxy groups -OCH3 is 1. The second-order valence-electron chi connectivity index (χ2n) is 8.04. The predicted octanol–water partition coefficient (Wildman–Crippen LogP) is 4.94. The van der Waals surface area contributed by atoms with E-state index in [0.29, 0.717) is 11.9 Å². The Kier molecular flexibility index (Phi) is 4.40. The minimum absolute atomic E-state index is 0.648. The Morgan fingerprint density at radius 3 is 2.43 bits per heavy atom. The third kappa shape index (κ3) is 3.10. The summed E-state index contributed by atoms with van der Waals surface area (Å²) < 4.78 is 5.24. The first-order chi connectivity index (χ1) is 13.7. The first-order valence-electron chi connectivity index (χ1n) is 10.2. The largest absolute Gasteiger partial charge is 0.481 e. The van der Waals surface area contributed by atoms with Crippen molar-refractivity contribution in [2.45, 2.75) is 45.3 Å². The first-order valence-corrected chi connectivity index (χ1v) is 10.2. The molecule has 0 spiro atoms. The van der Waals surface area contributed by atoms with Crippen molar-refractivity contribution in [2.75, 3.05) is 7.11 Å². The fraction of sp³-hybridized carbons (Fsp3) is 0.320. The fourth-order valence-electron chi connectivity index (χ4n) is 4.79. The van der Waals surface area contributed by atoms with Gasteiger partial charge < -0.3 is 4.74 Å². The van der Waals surface area contributed by atoms with E-state index < -0.39 is 0 Å². The molecule has 5 rings (SSSR count). The molecule has 2 heterocycles. The van der Waals surface area contributed by atoms with E-state index in [9.17, 15) is 0 Å². The highest BCUT2D eigenvalue weighted by atomic mass is 16.5. The molecule has 2 aliphatic rings. The molecular weight excluding hydrogens is 344 g/mol. The van der Waals surface area contributed by atoms with E-state index in [1.54, 1.807) is 7.11 Å². The maximum absolute atomic E-state index is 5.24. The van der Waals surface area contributed by atoms with Crippen LogP contribution in [0.1, 0.15) is 34.4 Å². The van der Waals surface area contributed by atoms with Crippen molar-refractivity contribution in [1.82, 2.24) is 9.88 Å². The van der Waals surface area contributed by atoms with E-state index in [0.717, 1.165) is 31.6 Å². The van der Waals surface area contributed by atoms with E-state index in [1.807, 2.05) is 6.07 Å². The van der Waals surface area contributed by atoms with Gasteiger partial charge in [0.1, 0.15) is 0 Å². The number of pyridine rings is 1. The maximum atomic E-state index is 5.24. The molecule has 0 N–H and O–H groups in total. The average Bonchev–Trinajstić information content (AvgIpc) is 3.17. The standard InChI is InChI=1S/C25H26N2O/c1-17-24(11-12-25(26-17)28-2)20-8-7-19-14-23(10-9-18(19)13-20)27-15-21-5-3-4-6-22(21)16-27/h3-8,11-13,23H,9-10,14-16H2,1-2H3. The lowest BCUT2D eigenvalue weighted by atomic mass is 9.85. The van der Waals surface area contributed by atoms with E-state index in [-0.39, 0.29) is 0 Å². The third-order valence-electron chi connectivity index (χ3n) is 6.37. The number of hydrogen-bond acceptors (Lipinski definition) is 3. The number of benzene rings is 2. The molecule has 0 amide bonds. The van der Waals surface area contributed by atoms with Crippen LogP contribution in [0.3, 0.4) is 0 Å². The van der Waals surface area contributed by atoms with Gasteiger partial charge in [0.25, 0.3) is 0 Å². The summed E-state index contributed by atoms with van der Waals surface area (Å²) in [5.41, 5.74) is 9.50. The van der Waals surface area contributed by atoms with Crippen LogP contribution < -0.4 is 4.74 Å². The maximum Gasteiger partial charge on any atom is 0.213 e. The van der Waals surface area contributed by atoms with Crippen molar-refractivity contribution in [3.63, 3.8) is 0 Å². The van der Waals surface area contributed by atoms with Crippen LogP contribution in [-0.4, -0.2) is 23.0 Å². The van der Waals surface area contributed by atoms with Crippen LogP contribution in [0.5, 0.6) is 5.88 Å². The molecule has 0 saturated heterocycles. The van der Waals surface area contributed by atoms with Gasteiger partial charge in [-0.25, -0.2) is 4.98 Å². The summed E-state index contributed by atoms with van der Waals surface area (Å²) in [7, 11) is 1.66. The van der Waals surface area contributed by atoms with Gasteiger partial charge in [-0.2, -0.15) is 0 Å². The summed E-state index contributed by atoms with van der Waals surface area (Å²) in [5.74, 6) is 0.675. The lowest BCUT2D eigenvalue weighted by molar-refractivity contribution is 0.181. The van der Waals surface area contributed by atoms with Crippen LogP contribution in [0.4, 0.5) is 0 Å². The zero-order chi connectivity index (χ0) is 19.1. The van der Waals surface area contributed by atoms with Crippen LogP contribution in [0.15, 0.2) is 54.6 Å². The van der Waals surface area contributed by atoms with E-state index in [1.165, 1.54) is 39.8 Å². The molecule has 142 valence electrons. The fourth-order valence-corrected chi connectivity index (χ4v) is 4.79. The summed E-state index contributed by atoms with van der Waals surface area (Å²) in [6, 6.07) is 20.6. The van der Waals surface area contributed by atoms with Crippen LogP contribution >= 0.6 is 0 Å². The summed E-state index contributed by atoms with van der Waals surface area (Å²) in [6.45, 7) is 4.26. The second-order valence-corrected chi connectivity index (χ2v) is 8.04. The van der Waals surface area contributed by atoms with Crippen molar-refractivity contribution in [1.29, 1.82) is 0 Å². The van der Waals surface area contributed by atoms with Crippen molar-refractivity contribution < 1.29 is 4.74 Å². The Bertz CT molecular complexity index is 1000. The number of aryl methyl sites for hydroxylation is 2. The molecule has 1 aromatic heterocycles. The molecule has 0 saturated carbocycles. The SMILES string of the molecule is COc1ccc(-c2ccc3c(c2)CCC(N2Cc4ccccc4C2)C3)c(C)n1. The van der Waals surface area contributed by atoms with Gasteiger partial charge in [0.05, 0.1) is 7.11 Å². The van der Waals surface area contributed by atoms with Crippen LogP contribution in [0.25, 0.3) is 11.1 Å². The highest BCUT2D eigenvalue weighted by Crippen LogP contribution is 2.33. The molecule has 3 aromatic rings. The summed E-state index contributed by atoms with van der Waals surface area (Å²) in [5, 5.41) is 0. The topological polar surface area (TPSA) is 25.4 Å². The van der Waals surface area contributed by atoms with Gasteiger partial charge in [0.2, 0.25) is 5.88 Å². The van der Waals surface area contributed by atoms with Gasteiger partial charge in [-0.1, -0.05) is 42.5 Å². The van der Waals surface area contributed by atoms with Crippen molar-refractivity contribution >= 4 is 0 Å². The van der Waals surface area contributed by atoms with Crippen molar-refractivity contribution in [3.8, 4) is 17.0 Å². The van der Waals surface area contributed by atoms with Crippen molar-refractivity contribution in [3.05, 3.63) is 82.5 Å². The molecular formula is C25H26N2O. The quantitative estimate of drug-likeness (QED) is 0.653. The van der Waals surface area contributed by atoms with Gasteiger partial charge in [-0.15, -0.1) is 0 Å². The molecule has 0 bridgehead atoms. The van der Waals surface area contributed by atoms with Gasteiger partial charge in [0, 0.05) is 36.5 Å². The van der Waals surface area contributed by atoms with E-state index in [2.05, 4.69) is 65.3 Å². The summed E-state index contributed by atoms with van der Waals surface area (Å²) >= 11 is 0. The van der Waals surface area contributed by atoms with Crippen LogP contribution in [-0.2, 0) is 25.9 Å². The average molecular weight is 370 g/mol. The highest BCUT2D eigenvalue weighted by Gasteiger charge is 2.28. The molecule has 1 atom stereocenters. The van der Waals surface area contributed by atoms with E-state index >= 15 is 0 Å². The Morgan fingerprint density at radius 1 is 0.929 bits per heavy atom. The summed E-state index contributed by atoms with van der Waals surface area (Å²) in [4.78, 5) is 7.20. The van der Waals surface area contributed by atoms with Gasteiger partial charge >= 0.3 is 0 Å². The smallest absolute Gasteiger partial charge is 0.213 e. The molecule has 0 fully saturated rings. The van der Waals surface area contributed by atoms with Gasteiger partial charge in [0.15, 0.2) is 0 Å². The lowest BCUT2D eigenvalue weighted by Crippen LogP contribution is -2.35. The molecule has 2 aromatic carbocycles. The van der Waals surface area contributed by atoms with Crippen LogP contribution in [0, 0.1) is 6.92 Å². The highest BCUT2D eigenvalue weighted by molar-refractivity contribution is 5.67. The van der Waals surface area contributed by atoms with Gasteiger partial charge in [-0.05, 0) is 60.1 Å². The lowest BCUT2D eigenvalue weighted by Gasteiger charge is -2.32. The normalized spacial score (nSPS) is 18.6. The summed E-state index contributed by atoms with van der Waals surface area (Å²) in [6.07, 6.45) is 3.55. The monoisotopic (exact) mass is 370 g/mol. The number of hydrogen-bond donors (Lipinski definition) is 0. The number of nitrogens with zero attached hydrogens (tertiary/aromatic N) is 2. The molecule has 0 radical (unpaired) electrons. The number of fused-ring (bicyclic) bond motifs is 2. The molecule has 3 heteroatoms. The Balaban J connectivity index is 1.36. The molecule has 1 unspecified atom stereocenters. The van der Waals surface area contributed by atoms with Crippen molar-refractivity contribution in [2.24, 2.45) is 0 Å². The van der Waals surface area contributed by atoms with Crippen LogP contribution in [0.2, 0.25) is 0 Å². The second kappa shape index (κ2) is 7.06. The molecule has 3 nitrogen and oxygen atoms in total. The van der Waals surface area contributed by atoms with E-state index in [4.69, 9.17) is 4.74 Å². The Morgan fingerprint density at radius 2 is 1.71 bits per heavy atom. The minimum atomic E-state index is 0.648. The third-order valence-corrected chi connectivity index (χ3v) is 6.37.